The first-order valence-electron chi connectivity index (χ1n) is 5.65. The van der Waals surface area contributed by atoms with Crippen molar-refractivity contribution >= 4 is 34.3 Å². The lowest BCUT2D eigenvalue weighted by Crippen LogP contribution is -2.44. The summed E-state index contributed by atoms with van der Waals surface area (Å²) in [6, 6.07) is 7.52. The largest absolute Gasteiger partial charge is 0.391 e. The Morgan fingerprint density at radius 1 is 1.53 bits per heavy atom. The van der Waals surface area contributed by atoms with Crippen molar-refractivity contribution in [2.75, 3.05) is 18.4 Å². The molecular weight excluding hydrogens is 331 g/mol. The zero-order valence-electron chi connectivity index (χ0n) is 9.40. The van der Waals surface area contributed by atoms with E-state index in [2.05, 4.69) is 27.9 Å². The van der Waals surface area contributed by atoms with Crippen LogP contribution in [-0.2, 0) is 0 Å². The normalized spacial score (nSPS) is 20.1. The van der Waals surface area contributed by atoms with Gasteiger partial charge in [-0.25, -0.2) is 4.79 Å². The number of carbonyl (C=O) groups excluding carboxylic acids is 1. The van der Waals surface area contributed by atoms with Crippen LogP contribution in [0.5, 0.6) is 0 Å². The van der Waals surface area contributed by atoms with E-state index in [1.807, 2.05) is 24.3 Å². The number of amides is 2. The molecule has 1 saturated heterocycles. The van der Waals surface area contributed by atoms with Crippen LogP contribution < -0.4 is 5.32 Å². The van der Waals surface area contributed by atoms with Crippen molar-refractivity contribution in [2.45, 2.75) is 18.9 Å². The molecule has 1 aliphatic heterocycles. The van der Waals surface area contributed by atoms with Gasteiger partial charge in [0.25, 0.3) is 0 Å². The van der Waals surface area contributed by atoms with E-state index in [1.54, 1.807) is 4.90 Å². The standard InChI is InChI=1S/C12H15IN2O2/c13-9-3-1-4-10(7-9)14-12(17)15-6-2-5-11(16)8-15/h1,3-4,7,11,16H,2,5-6,8H2,(H,14,17)/t11-/m1/s1. The minimum atomic E-state index is -0.384. The van der Waals surface area contributed by atoms with E-state index < -0.39 is 0 Å². The maximum atomic E-state index is 11.9. The minimum absolute atomic E-state index is 0.134. The van der Waals surface area contributed by atoms with Gasteiger partial charge in [-0.05, 0) is 53.6 Å². The molecule has 1 aromatic carbocycles. The third-order valence-corrected chi connectivity index (χ3v) is 3.43. The SMILES string of the molecule is O=C(Nc1cccc(I)c1)N1CCC[C@@H](O)C1. The number of piperidine rings is 1. The van der Waals surface area contributed by atoms with E-state index >= 15 is 0 Å². The number of β-amino-alcohol motifs (C(OH)–C–C–N with tert-alkyl or cyclic N) is 1. The van der Waals surface area contributed by atoms with Crippen molar-refractivity contribution in [3.8, 4) is 0 Å². The maximum Gasteiger partial charge on any atom is 0.321 e. The van der Waals surface area contributed by atoms with Crippen molar-refractivity contribution in [3.05, 3.63) is 27.8 Å². The van der Waals surface area contributed by atoms with E-state index in [9.17, 15) is 9.90 Å². The lowest BCUT2D eigenvalue weighted by molar-refractivity contribution is 0.0883. The fourth-order valence-electron chi connectivity index (χ4n) is 1.91. The third-order valence-electron chi connectivity index (χ3n) is 2.76. The van der Waals surface area contributed by atoms with Gasteiger partial charge in [-0.3, -0.25) is 0 Å². The predicted octanol–water partition coefficient (Wildman–Crippen LogP) is 2.28. The summed E-state index contributed by atoms with van der Waals surface area (Å²) in [6.07, 6.45) is 1.26. The molecule has 4 nitrogen and oxygen atoms in total. The number of benzene rings is 1. The number of urea groups is 1. The molecule has 17 heavy (non-hydrogen) atoms. The fraction of sp³-hybridized carbons (Fsp3) is 0.417. The number of aliphatic hydroxyl groups is 1. The Hall–Kier alpha value is -0.820. The van der Waals surface area contributed by atoms with Gasteiger partial charge >= 0.3 is 6.03 Å². The molecule has 1 aromatic rings. The van der Waals surface area contributed by atoms with Crippen LogP contribution in [0.4, 0.5) is 10.5 Å². The second-order valence-corrected chi connectivity index (χ2v) is 5.43. The molecule has 1 fully saturated rings. The molecule has 2 rings (SSSR count). The smallest absolute Gasteiger partial charge is 0.321 e. The van der Waals surface area contributed by atoms with Gasteiger partial charge in [0, 0.05) is 22.3 Å². The molecule has 92 valence electrons. The Bertz CT molecular complexity index is 411. The van der Waals surface area contributed by atoms with Crippen LogP contribution >= 0.6 is 22.6 Å². The number of anilines is 1. The molecule has 0 radical (unpaired) electrons. The van der Waals surface area contributed by atoms with Crippen molar-refractivity contribution in [2.24, 2.45) is 0 Å². The molecule has 1 heterocycles. The van der Waals surface area contributed by atoms with E-state index in [4.69, 9.17) is 0 Å². The topological polar surface area (TPSA) is 52.6 Å². The van der Waals surface area contributed by atoms with E-state index in [1.165, 1.54) is 0 Å². The highest BCUT2D eigenvalue weighted by molar-refractivity contribution is 14.1. The molecule has 1 aliphatic rings. The summed E-state index contributed by atoms with van der Waals surface area (Å²) in [5.41, 5.74) is 0.793. The number of hydrogen-bond acceptors (Lipinski definition) is 2. The zero-order valence-corrected chi connectivity index (χ0v) is 11.6. The molecule has 1 atom stereocenters. The first kappa shape index (κ1) is 12.6. The quantitative estimate of drug-likeness (QED) is 0.767. The van der Waals surface area contributed by atoms with Crippen LogP contribution in [-0.4, -0.2) is 35.2 Å². The van der Waals surface area contributed by atoms with Gasteiger partial charge < -0.3 is 15.3 Å². The van der Waals surface area contributed by atoms with Gasteiger partial charge in [-0.1, -0.05) is 6.07 Å². The van der Waals surface area contributed by atoms with Gasteiger partial charge in [-0.2, -0.15) is 0 Å². The average Bonchev–Trinajstić information content (AvgIpc) is 2.29. The van der Waals surface area contributed by atoms with Crippen LogP contribution in [0.25, 0.3) is 0 Å². The van der Waals surface area contributed by atoms with E-state index in [0.717, 1.165) is 22.1 Å². The number of nitrogens with one attached hydrogen (secondary N) is 1. The lowest BCUT2D eigenvalue weighted by atomic mass is 10.1. The van der Waals surface area contributed by atoms with Crippen molar-refractivity contribution in [1.29, 1.82) is 0 Å². The minimum Gasteiger partial charge on any atom is -0.391 e. The first-order valence-corrected chi connectivity index (χ1v) is 6.72. The van der Waals surface area contributed by atoms with Gasteiger partial charge in [0.2, 0.25) is 0 Å². The first-order chi connectivity index (χ1) is 8.15. The summed E-state index contributed by atoms with van der Waals surface area (Å²) >= 11 is 2.21. The van der Waals surface area contributed by atoms with Crippen molar-refractivity contribution in [1.82, 2.24) is 4.90 Å². The number of likely N-dealkylation sites (tertiary alicyclic amines) is 1. The monoisotopic (exact) mass is 346 g/mol. The molecule has 0 saturated carbocycles. The molecule has 0 bridgehead atoms. The highest BCUT2D eigenvalue weighted by atomic mass is 127. The molecule has 0 unspecified atom stereocenters. The van der Waals surface area contributed by atoms with Gasteiger partial charge in [0.1, 0.15) is 0 Å². The molecule has 2 amide bonds. The zero-order chi connectivity index (χ0) is 12.3. The highest BCUT2D eigenvalue weighted by Gasteiger charge is 2.21. The fourth-order valence-corrected chi connectivity index (χ4v) is 2.45. The summed E-state index contributed by atoms with van der Waals surface area (Å²) in [5, 5.41) is 12.4. The summed E-state index contributed by atoms with van der Waals surface area (Å²) in [7, 11) is 0. The van der Waals surface area contributed by atoms with Crippen molar-refractivity contribution in [3.63, 3.8) is 0 Å². The van der Waals surface area contributed by atoms with Crippen LogP contribution in [0.2, 0.25) is 0 Å². The molecular formula is C12H15IN2O2. The van der Waals surface area contributed by atoms with Crippen molar-refractivity contribution < 1.29 is 9.90 Å². The summed E-state index contributed by atoms with van der Waals surface area (Å²) in [6.45, 7) is 1.14. The third kappa shape index (κ3) is 3.57. The summed E-state index contributed by atoms with van der Waals surface area (Å²) in [4.78, 5) is 13.6. The second kappa shape index (κ2) is 5.68. The summed E-state index contributed by atoms with van der Waals surface area (Å²) < 4.78 is 1.08. The van der Waals surface area contributed by atoms with Gasteiger partial charge in [0.15, 0.2) is 0 Å². The molecule has 0 spiro atoms. The molecule has 5 heteroatoms. The summed E-state index contributed by atoms with van der Waals surface area (Å²) in [5.74, 6) is 0. The van der Waals surface area contributed by atoms with E-state index in [0.29, 0.717) is 13.1 Å². The Morgan fingerprint density at radius 3 is 3.06 bits per heavy atom. The van der Waals surface area contributed by atoms with Crippen LogP contribution in [0.1, 0.15) is 12.8 Å². The Kier molecular flexibility index (Phi) is 4.22. The second-order valence-electron chi connectivity index (χ2n) is 4.18. The Morgan fingerprint density at radius 2 is 2.35 bits per heavy atom. The number of carbonyl (C=O) groups is 1. The Balaban J connectivity index is 1.96. The predicted molar refractivity (Wildman–Crippen MR) is 75.0 cm³/mol. The van der Waals surface area contributed by atoms with Crippen LogP contribution in [0.3, 0.4) is 0 Å². The number of aliphatic hydroxyl groups excluding tert-OH is 1. The van der Waals surface area contributed by atoms with E-state index in [-0.39, 0.29) is 12.1 Å². The number of nitrogens with zero attached hydrogens (tertiary/aromatic N) is 1. The average molecular weight is 346 g/mol. The number of hydrogen-bond donors (Lipinski definition) is 2. The molecule has 2 N–H and O–H groups in total. The number of rotatable bonds is 1. The van der Waals surface area contributed by atoms with Crippen LogP contribution in [0, 0.1) is 3.57 Å². The number of halogens is 1. The maximum absolute atomic E-state index is 11.9. The molecule has 0 aromatic heterocycles. The lowest BCUT2D eigenvalue weighted by Gasteiger charge is -2.30. The highest BCUT2D eigenvalue weighted by Crippen LogP contribution is 2.15. The molecule has 0 aliphatic carbocycles. The van der Waals surface area contributed by atoms with Crippen LogP contribution in [0.15, 0.2) is 24.3 Å². The van der Waals surface area contributed by atoms with Gasteiger partial charge in [-0.15, -0.1) is 0 Å². The van der Waals surface area contributed by atoms with Gasteiger partial charge in [0.05, 0.1) is 6.10 Å². The Labute approximate surface area is 114 Å².